The van der Waals surface area contributed by atoms with Crippen LogP contribution in [0.2, 0.25) is 5.02 Å². The van der Waals surface area contributed by atoms with Crippen LogP contribution in [0, 0.1) is 0 Å². The Kier molecular flexibility index (Phi) is 6.82. The summed E-state index contributed by atoms with van der Waals surface area (Å²) in [7, 11) is 0. The van der Waals surface area contributed by atoms with Gasteiger partial charge in [0, 0.05) is 37.9 Å². The second kappa shape index (κ2) is 8.85. The Morgan fingerprint density at radius 3 is 2.75 bits per heavy atom. The van der Waals surface area contributed by atoms with Crippen molar-refractivity contribution in [3.8, 4) is 0 Å². The maximum absolute atomic E-state index is 10.5. The first kappa shape index (κ1) is 18.5. The van der Waals surface area contributed by atoms with Gasteiger partial charge in [-0.05, 0) is 44.4 Å². The monoisotopic (exact) mass is 349 g/mol. The quantitative estimate of drug-likeness (QED) is 0.606. The number of nitrogens with one attached hydrogen (secondary N) is 1. The number of piperidine rings is 1. The normalized spacial score (nSPS) is 16.3. The van der Waals surface area contributed by atoms with Gasteiger partial charge in [-0.3, -0.25) is 4.90 Å². The highest BCUT2D eigenvalue weighted by Gasteiger charge is 2.19. The van der Waals surface area contributed by atoms with Gasteiger partial charge < -0.3 is 10.4 Å². The van der Waals surface area contributed by atoms with Crippen molar-refractivity contribution in [1.82, 2.24) is 9.88 Å². The lowest BCUT2D eigenvalue weighted by Gasteiger charge is -2.32. The average molecular weight is 350 g/mol. The van der Waals surface area contributed by atoms with Crippen LogP contribution in [0.1, 0.15) is 32.3 Å². The van der Waals surface area contributed by atoms with Gasteiger partial charge in [0.15, 0.2) is 0 Å². The molecule has 0 radical (unpaired) electrons. The Labute approximate surface area is 148 Å². The number of pyridine rings is 1. The molecule has 2 N–H and O–H groups in total. The smallest absolute Gasteiger partial charge is 0.328 e. The topological polar surface area (TPSA) is 65.5 Å². The summed E-state index contributed by atoms with van der Waals surface area (Å²) in [6.45, 7) is 7.37. The molecular weight excluding hydrogens is 326 g/mol. The molecule has 0 bridgehead atoms. The minimum absolute atomic E-state index is 0.360. The zero-order valence-corrected chi connectivity index (χ0v) is 14.9. The number of carboxylic acid groups (broad SMARTS) is 1. The van der Waals surface area contributed by atoms with Crippen LogP contribution in [0.4, 0.5) is 5.82 Å². The van der Waals surface area contributed by atoms with E-state index in [4.69, 9.17) is 16.7 Å². The molecule has 2 heterocycles. The molecule has 0 unspecified atom stereocenters. The lowest BCUT2D eigenvalue weighted by Crippen LogP contribution is -2.39. The molecule has 1 aromatic heterocycles. The number of carboxylic acids is 1. The van der Waals surface area contributed by atoms with E-state index in [1.807, 2.05) is 0 Å². The number of rotatable bonds is 6. The summed E-state index contributed by atoms with van der Waals surface area (Å²) in [5.74, 6) is -0.333. The zero-order chi connectivity index (χ0) is 17.5. The van der Waals surface area contributed by atoms with Crippen molar-refractivity contribution < 1.29 is 9.90 Å². The lowest BCUT2D eigenvalue weighted by molar-refractivity contribution is -0.131. The largest absolute Gasteiger partial charge is 0.478 e. The number of aliphatic carboxylic acids is 1. The number of nitrogens with zero attached hydrogens (tertiary/aromatic N) is 2. The molecule has 1 aliphatic heterocycles. The molecule has 1 saturated heterocycles. The van der Waals surface area contributed by atoms with E-state index in [-0.39, 0.29) is 0 Å². The van der Waals surface area contributed by atoms with E-state index in [0.717, 1.165) is 38.6 Å². The van der Waals surface area contributed by atoms with Gasteiger partial charge in [-0.2, -0.15) is 0 Å². The zero-order valence-electron chi connectivity index (χ0n) is 14.1. The Bertz CT molecular complexity index is 631. The van der Waals surface area contributed by atoms with Crippen LogP contribution < -0.4 is 5.32 Å². The molecule has 0 atom stereocenters. The minimum atomic E-state index is -0.992. The molecule has 0 aliphatic carbocycles. The van der Waals surface area contributed by atoms with Crippen LogP contribution in [0.25, 0.3) is 6.08 Å². The number of aromatic nitrogens is 1. The van der Waals surface area contributed by atoms with Crippen molar-refractivity contribution in [3.63, 3.8) is 0 Å². The molecule has 2 rings (SSSR count). The molecule has 0 spiro atoms. The molecule has 1 aliphatic rings. The summed E-state index contributed by atoms with van der Waals surface area (Å²) < 4.78 is 0. The van der Waals surface area contributed by atoms with E-state index < -0.39 is 5.97 Å². The highest BCUT2D eigenvalue weighted by atomic mass is 35.5. The van der Waals surface area contributed by atoms with Crippen LogP contribution in [-0.2, 0) is 4.79 Å². The molecule has 6 heteroatoms. The van der Waals surface area contributed by atoms with E-state index >= 15 is 0 Å². The van der Waals surface area contributed by atoms with Gasteiger partial charge >= 0.3 is 5.97 Å². The van der Waals surface area contributed by atoms with E-state index in [1.165, 1.54) is 11.6 Å². The highest BCUT2D eigenvalue weighted by Crippen LogP contribution is 2.24. The van der Waals surface area contributed by atoms with E-state index in [0.29, 0.717) is 22.4 Å². The highest BCUT2D eigenvalue weighted by molar-refractivity contribution is 6.33. The summed E-state index contributed by atoms with van der Waals surface area (Å²) in [6.07, 6.45) is 8.53. The molecule has 5 nitrogen and oxygen atoms in total. The SMILES string of the molecule is CC(C)=CCN1CCC(Nc2ncc(/C=C/C(=O)O)cc2Cl)CC1. The van der Waals surface area contributed by atoms with Crippen molar-refractivity contribution >= 4 is 29.5 Å². The second-order valence-corrected chi connectivity index (χ2v) is 6.68. The van der Waals surface area contributed by atoms with E-state index in [9.17, 15) is 4.79 Å². The van der Waals surface area contributed by atoms with Gasteiger partial charge in [0.05, 0.1) is 5.02 Å². The summed E-state index contributed by atoms with van der Waals surface area (Å²) in [4.78, 5) is 17.3. The molecule has 0 aromatic carbocycles. The summed E-state index contributed by atoms with van der Waals surface area (Å²) in [5.41, 5.74) is 2.02. The van der Waals surface area contributed by atoms with Crippen LogP contribution in [0.15, 0.2) is 30.0 Å². The van der Waals surface area contributed by atoms with Gasteiger partial charge in [-0.1, -0.05) is 23.3 Å². The van der Waals surface area contributed by atoms with Gasteiger partial charge in [0.1, 0.15) is 5.82 Å². The number of likely N-dealkylation sites (tertiary alicyclic amines) is 1. The number of hydrogen-bond donors (Lipinski definition) is 2. The van der Waals surface area contributed by atoms with Crippen LogP contribution >= 0.6 is 11.6 Å². The second-order valence-electron chi connectivity index (χ2n) is 6.27. The first-order chi connectivity index (χ1) is 11.4. The van der Waals surface area contributed by atoms with Crippen molar-refractivity contribution in [3.05, 3.63) is 40.6 Å². The predicted molar refractivity (Wildman–Crippen MR) is 98.4 cm³/mol. The van der Waals surface area contributed by atoms with Gasteiger partial charge in [-0.15, -0.1) is 0 Å². The Morgan fingerprint density at radius 1 is 1.46 bits per heavy atom. The van der Waals surface area contributed by atoms with Gasteiger partial charge in [0.2, 0.25) is 0 Å². The molecule has 0 amide bonds. The van der Waals surface area contributed by atoms with Crippen LogP contribution in [0.5, 0.6) is 0 Å². The Morgan fingerprint density at radius 2 is 2.17 bits per heavy atom. The molecule has 1 fully saturated rings. The summed E-state index contributed by atoms with van der Waals surface area (Å²) in [5, 5.41) is 12.6. The van der Waals surface area contributed by atoms with Crippen LogP contribution in [-0.4, -0.2) is 46.6 Å². The van der Waals surface area contributed by atoms with Crippen LogP contribution in [0.3, 0.4) is 0 Å². The first-order valence-electron chi connectivity index (χ1n) is 8.13. The average Bonchev–Trinajstić information content (AvgIpc) is 2.54. The number of carbonyl (C=O) groups is 1. The number of hydrogen-bond acceptors (Lipinski definition) is 4. The summed E-state index contributed by atoms with van der Waals surface area (Å²) >= 11 is 6.25. The number of allylic oxidation sites excluding steroid dienone is 1. The van der Waals surface area contributed by atoms with Crippen molar-refractivity contribution in [2.75, 3.05) is 25.0 Å². The van der Waals surface area contributed by atoms with E-state index in [2.05, 4.69) is 35.1 Å². The fourth-order valence-electron chi connectivity index (χ4n) is 2.58. The fraction of sp³-hybridized carbons (Fsp3) is 0.444. The van der Waals surface area contributed by atoms with Gasteiger partial charge in [0.25, 0.3) is 0 Å². The third-order valence-corrected chi connectivity index (χ3v) is 4.25. The maximum atomic E-state index is 10.5. The van der Waals surface area contributed by atoms with E-state index in [1.54, 1.807) is 12.3 Å². The molecule has 0 saturated carbocycles. The maximum Gasteiger partial charge on any atom is 0.328 e. The summed E-state index contributed by atoms with van der Waals surface area (Å²) in [6, 6.07) is 2.08. The Hall–Kier alpha value is -1.85. The standard InChI is InChI=1S/C18H24ClN3O2/c1-13(2)5-8-22-9-6-15(7-10-22)21-18-16(19)11-14(12-20-18)3-4-17(23)24/h3-5,11-12,15H,6-10H2,1-2H3,(H,20,21)(H,23,24)/b4-3+. The van der Waals surface area contributed by atoms with Crippen molar-refractivity contribution in [1.29, 1.82) is 0 Å². The fourth-order valence-corrected chi connectivity index (χ4v) is 2.81. The predicted octanol–water partition coefficient (Wildman–Crippen LogP) is 3.68. The van der Waals surface area contributed by atoms with Crippen molar-refractivity contribution in [2.45, 2.75) is 32.7 Å². The number of halogens is 1. The minimum Gasteiger partial charge on any atom is -0.478 e. The molecule has 130 valence electrons. The molecule has 1 aromatic rings. The first-order valence-corrected chi connectivity index (χ1v) is 8.50. The molecular formula is C18H24ClN3O2. The lowest BCUT2D eigenvalue weighted by atomic mass is 10.0. The third kappa shape index (κ3) is 5.98. The molecule has 24 heavy (non-hydrogen) atoms. The number of anilines is 1. The van der Waals surface area contributed by atoms with Crippen molar-refractivity contribution in [2.24, 2.45) is 0 Å². The Balaban J connectivity index is 1.88. The van der Waals surface area contributed by atoms with Gasteiger partial charge in [-0.25, -0.2) is 9.78 Å². The third-order valence-electron chi connectivity index (χ3n) is 3.97.